The minimum absolute atomic E-state index is 0.522. The Bertz CT molecular complexity index is 483. The Kier molecular flexibility index (Phi) is 18.0. The minimum atomic E-state index is 0.522. The monoisotopic (exact) mass is 386 g/mol. The van der Waals surface area contributed by atoms with Gasteiger partial charge in [-0.1, -0.05) is 61.4 Å². The lowest BCUT2D eigenvalue weighted by molar-refractivity contribution is 0.409. The molecule has 0 aromatic heterocycles. The van der Waals surface area contributed by atoms with Crippen LogP contribution in [0, 0.1) is 5.92 Å². The summed E-state index contributed by atoms with van der Waals surface area (Å²) in [6, 6.07) is 0.522. The molecule has 0 aliphatic heterocycles. The number of hydrogen-bond donors (Lipinski definition) is 2. The fraction of sp³-hybridized carbons (Fsp3) is 0.615. The van der Waals surface area contributed by atoms with Gasteiger partial charge >= 0.3 is 0 Å². The lowest BCUT2D eigenvalue weighted by Gasteiger charge is -2.20. The third kappa shape index (κ3) is 15.7. The van der Waals surface area contributed by atoms with Crippen molar-refractivity contribution in [2.24, 2.45) is 5.92 Å². The van der Waals surface area contributed by atoms with Crippen LogP contribution in [-0.4, -0.2) is 25.7 Å². The normalized spacial score (nSPS) is 14.0. The molecule has 0 saturated heterocycles. The van der Waals surface area contributed by atoms with E-state index in [9.17, 15) is 0 Å². The highest BCUT2D eigenvalue weighted by Gasteiger charge is 2.09. The predicted molar refractivity (Wildman–Crippen MR) is 129 cm³/mol. The van der Waals surface area contributed by atoms with E-state index in [2.05, 4.69) is 75.8 Å². The van der Waals surface area contributed by atoms with E-state index in [1.165, 1.54) is 24.8 Å². The largest absolute Gasteiger partial charge is 0.315 e. The molecule has 1 unspecified atom stereocenters. The van der Waals surface area contributed by atoms with Gasteiger partial charge in [0.2, 0.25) is 0 Å². The Morgan fingerprint density at radius 1 is 0.964 bits per heavy atom. The standard InChI is InChI=1S/C26H46N2/c1-7-11-15-24(9-3)17-13-19-27-22-26(21-23(5)6)28-20-14-18-25(10-4)16-12-8-2/h7-10,14,18,23,26-28H,1-2,11-13,15-17,19-22H2,3-6H3/b18-14+,24-9+,25-10+. The lowest BCUT2D eigenvalue weighted by Crippen LogP contribution is -2.40. The molecule has 160 valence electrons. The van der Waals surface area contributed by atoms with Crippen LogP contribution >= 0.6 is 0 Å². The van der Waals surface area contributed by atoms with Crippen molar-refractivity contribution in [2.75, 3.05) is 19.6 Å². The average molecular weight is 387 g/mol. The molecule has 0 spiro atoms. The molecule has 0 aliphatic rings. The molecule has 2 heteroatoms. The summed E-state index contributed by atoms with van der Waals surface area (Å²) in [6.07, 6.45) is 20.9. The van der Waals surface area contributed by atoms with Gasteiger partial charge in [0.05, 0.1) is 0 Å². The van der Waals surface area contributed by atoms with Crippen LogP contribution in [0.1, 0.15) is 72.6 Å². The number of nitrogens with one attached hydrogen (secondary N) is 2. The first-order valence-electron chi connectivity index (χ1n) is 11.2. The van der Waals surface area contributed by atoms with Gasteiger partial charge in [0.15, 0.2) is 0 Å². The fourth-order valence-electron chi connectivity index (χ4n) is 3.26. The van der Waals surface area contributed by atoms with Gasteiger partial charge in [-0.2, -0.15) is 0 Å². The van der Waals surface area contributed by atoms with Crippen LogP contribution in [0.2, 0.25) is 0 Å². The molecule has 0 fully saturated rings. The Morgan fingerprint density at radius 3 is 2.29 bits per heavy atom. The maximum atomic E-state index is 3.82. The number of hydrogen-bond acceptors (Lipinski definition) is 2. The molecule has 28 heavy (non-hydrogen) atoms. The first-order valence-corrected chi connectivity index (χ1v) is 11.2. The Morgan fingerprint density at radius 2 is 1.68 bits per heavy atom. The highest BCUT2D eigenvalue weighted by Crippen LogP contribution is 2.12. The summed E-state index contributed by atoms with van der Waals surface area (Å²) in [7, 11) is 0. The van der Waals surface area contributed by atoms with Crippen molar-refractivity contribution >= 4 is 0 Å². The molecule has 0 aromatic rings. The molecular weight excluding hydrogens is 340 g/mol. The summed E-state index contributed by atoms with van der Waals surface area (Å²) >= 11 is 0. The van der Waals surface area contributed by atoms with Crippen molar-refractivity contribution in [3.05, 3.63) is 60.8 Å². The summed E-state index contributed by atoms with van der Waals surface area (Å²) in [5.41, 5.74) is 2.94. The molecule has 0 radical (unpaired) electrons. The molecular formula is C26H46N2. The molecule has 1 atom stereocenters. The summed E-state index contributed by atoms with van der Waals surface area (Å²) in [6.45, 7) is 19.5. The van der Waals surface area contributed by atoms with E-state index in [1.54, 1.807) is 5.57 Å². The fourth-order valence-corrected chi connectivity index (χ4v) is 3.26. The number of allylic oxidation sites excluding steroid dienone is 7. The van der Waals surface area contributed by atoms with Crippen LogP contribution in [-0.2, 0) is 0 Å². The Balaban J connectivity index is 4.20. The second kappa shape index (κ2) is 19.0. The van der Waals surface area contributed by atoms with E-state index in [0.29, 0.717) is 12.0 Å². The van der Waals surface area contributed by atoms with Gasteiger partial charge in [0, 0.05) is 19.1 Å². The third-order valence-corrected chi connectivity index (χ3v) is 4.94. The second-order valence-electron chi connectivity index (χ2n) is 7.91. The molecule has 0 rings (SSSR count). The average Bonchev–Trinajstić information content (AvgIpc) is 2.68. The molecule has 0 heterocycles. The lowest BCUT2D eigenvalue weighted by atomic mass is 10.0. The smallest absolute Gasteiger partial charge is 0.0197 e. The van der Waals surface area contributed by atoms with Crippen molar-refractivity contribution in [3.8, 4) is 0 Å². The molecule has 2 nitrogen and oxygen atoms in total. The summed E-state index contributed by atoms with van der Waals surface area (Å²) in [5.74, 6) is 0.704. The Labute approximate surface area is 176 Å². The van der Waals surface area contributed by atoms with E-state index < -0.39 is 0 Å². The maximum absolute atomic E-state index is 3.82. The van der Waals surface area contributed by atoms with Crippen LogP contribution in [0.4, 0.5) is 0 Å². The second-order valence-corrected chi connectivity index (χ2v) is 7.91. The topological polar surface area (TPSA) is 24.1 Å². The van der Waals surface area contributed by atoms with E-state index in [4.69, 9.17) is 0 Å². The highest BCUT2D eigenvalue weighted by atomic mass is 15.0. The van der Waals surface area contributed by atoms with Gasteiger partial charge in [0.1, 0.15) is 0 Å². The minimum Gasteiger partial charge on any atom is -0.315 e. The molecule has 0 aliphatic carbocycles. The third-order valence-electron chi connectivity index (χ3n) is 4.94. The van der Waals surface area contributed by atoms with Crippen molar-refractivity contribution in [2.45, 2.75) is 78.7 Å². The molecule has 0 saturated carbocycles. The predicted octanol–water partition coefficient (Wildman–Crippen LogP) is 6.74. The molecule has 0 aromatic carbocycles. The van der Waals surface area contributed by atoms with E-state index in [0.717, 1.165) is 45.3 Å². The zero-order valence-corrected chi connectivity index (χ0v) is 19.1. The Hall–Kier alpha value is -1.38. The van der Waals surface area contributed by atoms with Gasteiger partial charge in [0.25, 0.3) is 0 Å². The van der Waals surface area contributed by atoms with Gasteiger partial charge in [-0.15, -0.1) is 13.2 Å². The summed E-state index contributed by atoms with van der Waals surface area (Å²) in [4.78, 5) is 0. The summed E-state index contributed by atoms with van der Waals surface area (Å²) in [5, 5.41) is 7.36. The molecule has 0 bridgehead atoms. The van der Waals surface area contributed by atoms with Crippen molar-refractivity contribution in [1.29, 1.82) is 0 Å². The molecule has 0 amide bonds. The van der Waals surface area contributed by atoms with Crippen molar-refractivity contribution in [3.63, 3.8) is 0 Å². The van der Waals surface area contributed by atoms with Crippen LogP contribution in [0.25, 0.3) is 0 Å². The van der Waals surface area contributed by atoms with Crippen molar-refractivity contribution in [1.82, 2.24) is 10.6 Å². The van der Waals surface area contributed by atoms with Crippen LogP contribution in [0.5, 0.6) is 0 Å². The zero-order chi connectivity index (χ0) is 21.0. The van der Waals surface area contributed by atoms with Gasteiger partial charge in [-0.25, -0.2) is 0 Å². The first-order chi connectivity index (χ1) is 13.6. The number of rotatable bonds is 18. The van der Waals surface area contributed by atoms with Crippen molar-refractivity contribution < 1.29 is 0 Å². The van der Waals surface area contributed by atoms with E-state index >= 15 is 0 Å². The van der Waals surface area contributed by atoms with Crippen LogP contribution < -0.4 is 10.6 Å². The van der Waals surface area contributed by atoms with Gasteiger partial charge < -0.3 is 10.6 Å². The van der Waals surface area contributed by atoms with Gasteiger partial charge in [-0.05, 0) is 71.3 Å². The highest BCUT2D eigenvalue weighted by molar-refractivity contribution is 5.18. The maximum Gasteiger partial charge on any atom is 0.0197 e. The quantitative estimate of drug-likeness (QED) is 0.155. The van der Waals surface area contributed by atoms with E-state index in [1.807, 2.05) is 12.2 Å². The van der Waals surface area contributed by atoms with Crippen LogP contribution in [0.15, 0.2) is 60.8 Å². The SMILES string of the molecule is C=CCCC(/C=C/CNC(CNCCC/C(=C/C)CCC=C)CC(C)C)=C\C. The molecule has 2 N–H and O–H groups in total. The zero-order valence-electron chi connectivity index (χ0n) is 19.1. The van der Waals surface area contributed by atoms with Gasteiger partial charge in [-0.3, -0.25) is 0 Å². The first kappa shape index (κ1) is 26.6. The summed E-state index contributed by atoms with van der Waals surface area (Å²) < 4.78 is 0. The van der Waals surface area contributed by atoms with E-state index in [-0.39, 0.29) is 0 Å². The van der Waals surface area contributed by atoms with Crippen LogP contribution in [0.3, 0.4) is 0 Å².